The SMILES string of the molecule is COC1=C(F)CC(F)C(F)=C1. The molecule has 0 saturated carbocycles. The fraction of sp³-hybridized carbons (Fsp3) is 0.429. The molecule has 0 aromatic rings. The summed E-state index contributed by atoms with van der Waals surface area (Å²) in [6.07, 6.45) is -1.69. The highest BCUT2D eigenvalue weighted by Crippen LogP contribution is 2.28. The molecular weight excluding hydrogens is 157 g/mol. The van der Waals surface area contributed by atoms with E-state index in [0.29, 0.717) is 0 Å². The summed E-state index contributed by atoms with van der Waals surface area (Å²) in [6.45, 7) is 0. The van der Waals surface area contributed by atoms with E-state index in [0.717, 1.165) is 6.08 Å². The van der Waals surface area contributed by atoms with Crippen molar-refractivity contribution in [3.8, 4) is 0 Å². The third-order valence-electron chi connectivity index (χ3n) is 1.41. The maximum Gasteiger partial charge on any atom is 0.158 e. The fourth-order valence-electron chi connectivity index (χ4n) is 0.819. The standard InChI is InChI=1S/C7H7F3O/c1-11-7-3-5(9)4(8)2-6(7)10/h3-4H,2H2,1H3. The molecule has 0 N–H and O–H groups in total. The van der Waals surface area contributed by atoms with Gasteiger partial charge in [-0.15, -0.1) is 0 Å². The summed E-state index contributed by atoms with van der Waals surface area (Å²) < 4.78 is 41.8. The zero-order chi connectivity index (χ0) is 8.43. The lowest BCUT2D eigenvalue weighted by molar-refractivity contribution is 0.247. The maximum atomic E-state index is 12.6. The zero-order valence-electron chi connectivity index (χ0n) is 5.90. The van der Waals surface area contributed by atoms with Crippen LogP contribution >= 0.6 is 0 Å². The van der Waals surface area contributed by atoms with Gasteiger partial charge in [0, 0.05) is 12.5 Å². The molecule has 1 atom stereocenters. The van der Waals surface area contributed by atoms with Gasteiger partial charge in [0.1, 0.15) is 11.7 Å². The van der Waals surface area contributed by atoms with Gasteiger partial charge in [-0.25, -0.2) is 13.2 Å². The summed E-state index contributed by atoms with van der Waals surface area (Å²) in [7, 11) is 1.21. The predicted octanol–water partition coefficient (Wildman–Crippen LogP) is 2.41. The van der Waals surface area contributed by atoms with E-state index in [4.69, 9.17) is 0 Å². The second-order valence-corrected chi connectivity index (χ2v) is 2.17. The highest BCUT2D eigenvalue weighted by Gasteiger charge is 2.23. The van der Waals surface area contributed by atoms with Crippen molar-refractivity contribution in [2.45, 2.75) is 12.6 Å². The third-order valence-corrected chi connectivity index (χ3v) is 1.41. The van der Waals surface area contributed by atoms with Crippen LogP contribution in [0.2, 0.25) is 0 Å². The van der Waals surface area contributed by atoms with Crippen LogP contribution in [0.15, 0.2) is 23.5 Å². The molecule has 1 aliphatic rings. The lowest BCUT2D eigenvalue weighted by Crippen LogP contribution is -2.08. The molecule has 0 bridgehead atoms. The lowest BCUT2D eigenvalue weighted by Gasteiger charge is -2.12. The number of ether oxygens (including phenoxy) is 1. The number of hydrogen-bond acceptors (Lipinski definition) is 1. The van der Waals surface area contributed by atoms with Crippen LogP contribution in [0.4, 0.5) is 13.2 Å². The second-order valence-electron chi connectivity index (χ2n) is 2.17. The van der Waals surface area contributed by atoms with Crippen molar-refractivity contribution in [1.29, 1.82) is 0 Å². The third kappa shape index (κ3) is 1.56. The molecule has 0 heterocycles. The minimum Gasteiger partial charge on any atom is -0.494 e. The van der Waals surface area contributed by atoms with Crippen LogP contribution in [0.25, 0.3) is 0 Å². The number of methoxy groups -OCH3 is 1. The van der Waals surface area contributed by atoms with Gasteiger partial charge in [-0.2, -0.15) is 0 Å². The zero-order valence-corrected chi connectivity index (χ0v) is 5.90. The highest BCUT2D eigenvalue weighted by atomic mass is 19.2. The van der Waals surface area contributed by atoms with E-state index in [9.17, 15) is 13.2 Å². The largest absolute Gasteiger partial charge is 0.494 e. The smallest absolute Gasteiger partial charge is 0.158 e. The van der Waals surface area contributed by atoms with Crippen molar-refractivity contribution < 1.29 is 17.9 Å². The molecule has 0 aromatic heterocycles. The monoisotopic (exact) mass is 164 g/mol. The number of allylic oxidation sites excluding steroid dienone is 3. The van der Waals surface area contributed by atoms with Crippen molar-refractivity contribution in [3.63, 3.8) is 0 Å². The molecule has 1 nitrogen and oxygen atoms in total. The first kappa shape index (κ1) is 8.17. The van der Waals surface area contributed by atoms with Crippen molar-refractivity contribution in [2.24, 2.45) is 0 Å². The van der Waals surface area contributed by atoms with Crippen LogP contribution in [0.5, 0.6) is 0 Å². The van der Waals surface area contributed by atoms with Crippen LogP contribution in [-0.2, 0) is 4.74 Å². The Kier molecular flexibility index (Phi) is 2.22. The number of hydrogen-bond donors (Lipinski definition) is 0. The molecule has 1 aliphatic carbocycles. The van der Waals surface area contributed by atoms with E-state index < -0.39 is 24.2 Å². The van der Waals surface area contributed by atoms with Crippen molar-refractivity contribution in [3.05, 3.63) is 23.5 Å². The second kappa shape index (κ2) is 2.98. The normalized spacial score (nSPS) is 25.1. The average Bonchev–Trinajstić information content (AvgIpc) is 1.97. The molecule has 0 aromatic carbocycles. The Morgan fingerprint density at radius 3 is 2.73 bits per heavy atom. The van der Waals surface area contributed by atoms with Crippen LogP contribution in [0, 0.1) is 0 Å². The molecule has 0 radical (unpaired) electrons. The van der Waals surface area contributed by atoms with E-state index in [1.165, 1.54) is 7.11 Å². The molecule has 0 saturated heterocycles. The van der Waals surface area contributed by atoms with Gasteiger partial charge in [0.25, 0.3) is 0 Å². The van der Waals surface area contributed by atoms with Gasteiger partial charge >= 0.3 is 0 Å². The van der Waals surface area contributed by atoms with E-state index in [2.05, 4.69) is 4.74 Å². The molecule has 1 unspecified atom stereocenters. The summed E-state index contributed by atoms with van der Waals surface area (Å²) in [5, 5.41) is 0. The lowest BCUT2D eigenvalue weighted by atomic mass is 10.1. The first-order valence-electron chi connectivity index (χ1n) is 3.09. The van der Waals surface area contributed by atoms with E-state index in [-0.39, 0.29) is 5.76 Å². The summed E-state index contributed by atoms with van der Waals surface area (Å²) in [5.41, 5.74) is 0. The molecule has 0 spiro atoms. The summed E-state index contributed by atoms with van der Waals surface area (Å²) >= 11 is 0. The molecular formula is C7H7F3O. The van der Waals surface area contributed by atoms with E-state index in [1.54, 1.807) is 0 Å². The minimum atomic E-state index is -1.85. The van der Waals surface area contributed by atoms with Crippen molar-refractivity contribution in [1.82, 2.24) is 0 Å². The Bertz CT molecular complexity index is 220. The van der Waals surface area contributed by atoms with Gasteiger partial charge in [-0.3, -0.25) is 0 Å². The Morgan fingerprint density at radius 2 is 2.18 bits per heavy atom. The Labute approximate surface area is 62.2 Å². The number of alkyl halides is 1. The highest BCUT2D eigenvalue weighted by molar-refractivity contribution is 5.26. The molecule has 0 amide bonds. The van der Waals surface area contributed by atoms with Gasteiger partial charge in [0.15, 0.2) is 11.9 Å². The summed E-state index contributed by atoms with van der Waals surface area (Å²) in [6, 6.07) is 0. The summed E-state index contributed by atoms with van der Waals surface area (Å²) in [4.78, 5) is 0. The summed E-state index contributed by atoms with van der Waals surface area (Å²) in [5.74, 6) is -1.96. The van der Waals surface area contributed by atoms with Crippen LogP contribution in [-0.4, -0.2) is 13.3 Å². The first-order valence-corrected chi connectivity index (χ1v) is 3.09. The van der Waals surface area contributed by atoms with Gasteiger partial charge in [0.2, 0.25) is 0 Å². The minimum absolute atomic E-state index is 0.226. The van der Waals surface area contributed by atoms with Gasteiger partial charge < -0.3 is 4.74 Å². The number of halogens is 3. The Hall–Kier alpha value is -0.930. The maximum absolute atomic E-state index is 12.6. The average molecular weight is 164 g/mol. The predicted molar refractivity (Wildman–Crippen MR) is 33.8 cm³/mol. The van der Waals surface area contributed by atoms with Gasteiger partial charge in [0.05, 0.1) is 7.11 Å². The van der Waals surface area contributed by atoms with E-state index >= 15 is 0 Å². The Balaban J connectivity index is 2.87. The molecule has 4 heteroatoms. The fourth-order valence-corrected chi connectivity index (χ4v) is 0.819. The van der Waals surface area contributed by atoms with Crippen LogP contribution < -0.4 is 0 Å². The van der Waals surface area contributed by atoms with Crippen molar-refractivity contribution in [2.75, 3.05) is 7.11 Å². The van der Waals surface area contributed by atoms with Gasteiger partial charge in [-0.05, 0) is 0 Å². The van der Waals surface area contributed by atoms with E-state index in [1.807, 2.05) is 0 Å². The van der Waals surface area contributed by atoms with Crippen LogP contribution in [0.1, 0.15) is 6.42 Å². The van der Waals surface area contributed by atoms with Crippen molar-refractivity contribution >= 4 is 0 Å². The molecule has 1 rings (SSSR count). The number of rotatable bonds is 1. The van der Waals surface area contributed by atoms with Gasteiger partial charge in [-0.1, -0.05) is 0 Å². The van der Waals surface area contributed by atoms with Crippen LogP contribution in [0.3, 0.4) is 0 Å². The molecule has 11 heavy (non-hydrogen) atoms. The topological polar surface area (TPSA) is 9.23 Å². The quantitative estimate of drug-likeness (QED) is 0.578. The first-order chi connectivity index (χ1) is 5.15. The molecule has 0 fully saturated rings. The molecule has 0 aliphatic heterocycles. The Morgan fingerprint density at radius 1 is 1.55 bits per heavy atom. The molecule has 62 valence electrons.